The molecule has 1 N–H and O–H groups in total. The largest absolute Gasteiger partial charge is 0.497 e. The second-order valence-electron chi connectivity index (χ2n) is 5.53. The van der Waals surface area contributed by atoms with Crippen molar-refractivity contribution in [2.75, 3.05) is 13.7 Å². The van der Waals surface area contributed by atoms with Gasteiger partial charge in [0, 0.05) is 12.1 Å². The van der Waals surface area contributed by atoms with E-state index >= 15 is 0 Å². The van der Waals surface area contributed by atoms with Gasteiger partial charge in [0.25, 0.3) is 0 Å². The van der Waals surface area contributed by atoms with Crippen LogP contribution in [0.5, 0.6) is 5.75 Å². The summed E-state index contributed by atoms with van der Waals surface area (Å²) in [5.74, 6) is 0.139. The number of ether oxygens (including phenoxy) is 1. The number of hydrogen-bond acceptors (Lipinski definition) is 3. The van der Waals surface area contributed by atoms with Crippen LogP contribution in [0.25, 0.3) is 0 Å². The maximum atomic E-state index is 10.9. The van der Waals surface area contributed by atoms with Gasteiger partial charge in [0.05, 0.1) is 13.7 Å². The predicted octanol–water partition coefficient (Wildman–Crippen LogP) is 2.57. The van der Waals surface area contributed by atoms with Crippen LogP contribution in [0.15, 0.2) is 24.3 Å². The van der Waals surface area contributed by atoms with Crippen molar-refractivity contribution in [3.05, 3.63) is 29.8 Å². The van der Waals surface area contributed by atoms with E-state index in [-0.39, 0.29) is 6.54 Å². The summed E-state index contributed by atoms with van der Waals surface area (Å²) in [7, 11) is 1.66. The normalized spacial score (nSPS) is 16.1. The number of carboxylic acids is 1. The van der Waals surface area contributed by atoms with Crippen LogP contribution in [0.2, 0.25) is 0 Å². The first kappa shape index (κ1) is 14.9. The lowest BCUT2D eigenvalue weighted by Crippen LogP contribution is -2.39. The zero-order valence-corrected chi connectivity index (χ0v) is 12.2. The third-order valence-corrected chi connectivity index (χ3v) is 3.91. The van der Waals surface area contributed by atoms with Crippen LogP contribution in [0.4, 0.5) is 0 Å². The lowest BCUT2D eigenvalue weighted by atomic mass is 10.0. The van der Waals surface area contributed by atoms with E-state index in [4.69, 9.17) is 9.84 Å². The first-order valence-electron chi connectivity index (χ1n) is 7.20. The third kappa shape index (κ3) is 4.23. The standard InChI is InChI=1S/C16H23NO3/c1-12(17(11-16(18)19)14-7-8-14)3-4-13-5-9-15(20-2)10-6-13/h5-6,9-10,12,14H,3-4,7-8,11H2,1-2H3,(H,18,19). The molecule has 1 fully saturated rings. The average Bonchev–Trinajstić information content (AvgIpc) is 3.27. The van der Waals surface area contributed by atoms with Crippen molar-refractivity contribution >= 4 is 5.97 Å². The van der Waals surface area contributed by atoms with Crippen LogP contribution in [-0.4, -0.2) is 41.7 Å². The minimum Gasteiger partial charge on any atom is -0.497 e. The summed E-state index contributed by atoms with van der Waals surface area (Å²) in [5.41, 5.74) is 1.27. The van der Waals surface area contributed by atoms with Gasteiger partial charge in [-0.2, -0.15) is 0 Å². The molecule has 0 aliphatic heterocycles. The van der Waals surface area contributed by atoms with Crippen molar-refractivity contribution in [1.82, 2.24) is 4.90 Å². The molecule has 1 saturated carbocycles. The fourth-order valence-electron chi connectivity index (χ4n) is 2.54. The van der Waals surface area contributed by atoms with Gasteiger partial charge in [0.15, 0.2) is 0 Å². The molecule has 20 heavy (non-hydrogen) atoms. The van der Waals surface area contributed by atoms with Crippen LogP contribution in [0.1, 0.15) is 31.7 Å². The Morgan fingerprint density at radius 3 is 2.55 bits per heavy atom. The zero-order valence-electron chi connectivity index (χ0n) is 12.2. The Kier molecular flexibility index (Phi) is 5.01. The third-order valence-electron chi connectivity index (χ3n) is 3.91. The molecule has 0 spiro atoms. The summed E-state index contributed by atoms with van der Waals surface area (Å²) in [6.45, 7) is 2.29. The molecule has 0 amide bonds. The van der Waals surface area contributed by atoms with Crippen molar-refractivity contribution in [1.29, 1.82) is 0 Å². The van der Waals surface area contributed by atoms with E-state index in [1.54, 1.807) is 7.11 Å². The smallest absolute Gasteiger partial charge is 0.317 e. The van der Waals surface area contributed by atoms with Crippen LogP contribution < -0.4 is 4.74 Å². The number of nitrogens with zero attached hydrogens (tertiary/aromatic N) is 1. The summed E-state index contributed by atoms with van der Waals surface area (Å²) in [4.78, 5) is 13.1. The highest BCUT2D eigenvalue weighted by Gasteiger charge is 2.33. The number of carbonyl (C=O) groups is 1. The molecule has 4 nitrogen and oxygen atoms in total. The van der Waals surface area contributed by atoms with Crippen LogP contribution in [0.3, 0.4) is 0 Å². The quantitative estimate of drug-likeness (QED) is 0.793. The van der Waals surface area contributed by atoms with Gasteiger partial charge >= 0.3 is 5.97 Å². The number of aliphatic carboxylic acids is 1. The van der Waals surface area contributed by atoms with Crippen molar-refractivity contribution in [2.45, 2.75) is 44.7 Å². The molecular weight excluding hydrogens is 254 g/mol. The Morgan fingerprint density at radius 1 is 1.40 bits per heavy atom. The molecule has 0 saturated heterocycles. The second-order valence-corrected chi connectivity index (χ2v) is 5.53. The van der Waals surface area contributed by atoms with Gasteiger partial charge in [0.2, 0.25) is 0 Å². The highest BCUT2D eigenvalue weighted by molar-refractivity contribution is 5.69. The fraction of sp³-hybridized carbons (Fsp3) is 0.562. The van der Waals surface area contributed by atoms with Crippen LogP contribution in [-0.2, 0) is 11.2 Å². The zero-order chi connectivity index (χ0) is 14.5. The number of rotatable bonds is 8. The molecule has 1 aliphatic carbocycles. The molecule has 0 aromatic heterocycles. The molecular formula is C16H23NO3. The molecule has 0 bridgehead atoms. The number of methoxy groups -OCH3 is 1. The van der Waals surface area contributed by atoms with Crippen LogP contribution >= 0.6 is 0 Å². The van der Waals surface area contributed by atoms with E-state index in [9.17, 15) is 4.79 Å². The maximum Gasteiger partial charge on any atom is 0.317 e. The highest BCUT2D eigenvalue weighted by atomic mass is 16.5. The first-order valence-corrected chi connectivity index (χ1v) is 7.20. The molecule has 0 radical (unpaired) electrons. The number of aryl methyl sites for hydroxylation is 1. The van der Waals surface area contributed by atoms with Gasteiger partial charge in [-0.3, -0.25) is 9.69 Å². The molecule has 1 unspecified atom stereocenters. The fourth-order valence-corrected chi connectivity index (χ4v) is 2.54. The van der Waals surface area contributed by atoms with Gasteiger partial charge in [-0.15, -0.1) is 0 Å². The Labute approximate surface area is 120 Å². The summed E-state index contributed by atoms with van der Waals surface area (Å²) in [6, 6.07) is 8.87. The van der Waals surface area contributed by atoms with Crippen LogP contribution in [0, 0.1) is 0 Å². The highest BCUT2D eigenvalue weighted by Crippen LogP contribution is 2.29. The number of carboxylic acid groups (broad SMARTS) is 1. The molecule has 1 atom stereocenters. The van der Waals surface area contributed by atoms with E-state index in [1.807, 2.05) is 12.1 Å². The average molecular weight is 277 g/mol. The summed E-state index contributed by atoms with van der Waals surface area (Å²) in [5, 5.41) is 9.00. The minimum absolute atomic E-state index is 0.161. The Bertz CT molecular complexity index is 440. The molecule has 1 aliphatic rings. The van der Waals surface area contributed by atoms with Gasteiger partial charge in [-0.05, 0) is 50.3 Å². The van der Waals surface area contributed by atoms with E-state index in [2.05, 4.69) is 24.0 Å². The van der Waals surface area contributed by atoms with Gasteiger partial charge in [0.1, 0.15) is 5.75 Å². The predicted molar refractivity (Wildman–Crippen MR) is 78.1 cm³/mol. The van der Waals surface area contributed by atoms with Crippen molar-refractivity contribution in [3.8, 4) is 5.75 Å². The molecule has 1 aromatic carbocycles. The van der Waals surface area contributed by atoms with Crippen molar-refractivity contribution < 1.29 is 14.6 Å². The lowest BCUT2D eigenvalue weighted by Gasteiger charge is -2.27. The van der Waals surface area contributed by atoms with E-state index in [1.165, 1.54) is 5.56 Å². The molecule has 1 aromatic rings. The number of hydrogen-bond donors (Lipinski definition) is 1. The van der Waals surface area contributed by atoms with Gasteiger partial charge in [-0.1, -0.05) is 12.1 Å². The molecule has 110 valence electrons. The second kappa shape index (κ2) is 6.75. The summed E-state index contributed by atoms with van der Waals surface area (Å²) < 4.78 is 5.14. The van der Waals surface area contributed by atoms with Gasteiger partial charge in [-0.25, -0.2) is 0 Å². The number of benzene rings is 1. The maximum absolute atomic E-state index is 10.9. The first-order chi connectivity index (χ1) is 9.60. The summed E-state index contributed by atoms with van der Waals surface area (Å²) in [6.07, 6.45) is 4.23. The SMILES string of the molecule is COc1ccc(CCC(C)N(CC(=O)O)C2CC2)cc1. The molecule has 4 heteroatoms. The van der Waals surface area contributed by atoms with E-state index < -0.39 is 5.97 Å². The molecule has 2 rings (SSSR count). The Hall–Kier alpha value is -1.55. The summed E-state index contributed by atoms with van der Waals surface area (Å²) >= 11 is 0. The van der Waals surface area contributed by atoms with Crippen molar-refractivity contribution in [2.24, 2.45) is 0 Å². The van der Waals surface area contributed by atoms with Crippen molar-refractivity contribution in [3.63, 3.8) is 0 Å². The minimum atomic E-state index is -0.729. The van der Waals surface area contributed by atoms with E-state index in [0.29, 0.717) is 12.1 Å². The monoisotopic (exact) mass is 277 g/mol. The van der Waals surface area contributed by atoms with Gasteiger partial charge < -0.3 is 9.84 Å². The Morgan fingerprint density at radius 2 is 2.05 bits per heavy atom. The van der Waals surface area contributed by atoms with E-state index in [0.717, 1.165) is 31.4 Å². The Balaban J connectivity index is 1.85. The topological polar surface area (TPSA) is 49.8 Å². The molecule has 0 heterocycles. The lowest BCUT2D eigenvalue weighted by molar-refractivity contribution is -0.139.